The number of benzene rings is 1. The van der Waals surface area contributed by atoms with E-state index in [2.05, 4.69) is 5.32 Å². The van der Waals surface area contributed by atoms with Crippen LogP contribution in [0.2, 0.25) is 0 Å². The maximum atomic E-state index is 11.0. The molecule has 1 aromatic rings. The van der Waals surface area contributed by atoms with Gasteiger partial charge in [-0.3, -0.25) is 10.1 Å². The number of nitrogens with one attached hydrogen (secondary N) is 1. The van der Waals surface area contributed by atoms with Crippen molar-refractivity contribution in [1.29, 1.82) is 0 Å². The van der Waals surface area contributed by atoms with Crippen LogP contribution in [0, 0.1) is 16.0 Å². The highest BCUT2D eigenvalue weighted by Crippen LogP contribution is 2.28. The molecule has 1 fully saturated rings. The highest BCUT2D eigenvalue weighted by atomic mass is 16.6. The van der Waals surface area contributed by atoms with Gasteiger partial charge in [-0.2, -0.15) is 0 Å². The molecule has 110 valence electrons. The number of aliphatic hydroxyl groups is 2. The molecular weight excluding hydrogens is 260 g/mol. The van der Waals surface area contributed by atoms with Gasteiger partial charge < -0.3 is 15.5 Å². The van der Waals surface area contributed by atoms with Gasteiger partial charge in [0.15, 0.2) is 0 Å². The molecule has 1 aliphatic rings. The number of aliphatic hydroxyl groups excluding tert-OH is 2. The summed E-state index contributed by atoms with van der Waals surface area (Å²) in [7, 11) is 0. The summed E-state index contributed by atoms with van der Waals surface area (Å²) in [4.78, 5) is 10.5. The van der Waals surface area contributed by atoms with Crippen molar-refractivity contribution < 1.29 is 15.1 Å². The molecule has 3 N–H and O–H groups in total. The van der Waals surface area contributed by atoms with Crippen molar-refractivity contribution in [3.05, 3.63) is 33.9 Å². The first-order valence-electron chi connectivity index (χ1n) is 6.92. The van der Waals surface area contributed by atoms with Gasteiger partial charge in [0.25, 0.3) is 5.69 Å². The fourth-order valence-corrected chi connectivity index (χ4v) is 2.65. The maximum Gasteiger partial charge on any atom is 0.292 e. The quantitative estimate of drug-likeness (QED) is 0.566. The van der Waals surface area contributed by atoms with Crippen LogP contribution in [0.25, 0.3) is 0 Å². The minimum Gasteiger partial charge on any atom is -0.393 e. The van der Waals surface area contributed by atoms with Gasteiger partial charge in [0.2, 0.25) is 0 Å². The van der Waals surface area contributed by atoms with E-state index in [0.29, 0.717) is 17.8 Å². The second-order valence-corrected chi connectivity index (χ2v) is 5.26. The molecule has 1 saturated carbocycles. The molecule has 0 saturated heterocycles. The summed E-state index contributed by atoms with van der Waals surface area (Å²) in [5.41, 5.74) is 1.02. The van der Waals surface area contributed by atoms with Gasteiger partial charge in [0.05, 0.1) is 17.6 Å². The number of nitro groups is 1. The molecule has 2 atom stereocenters. The van der Waals surface area contributed by atoms with Crippen molar-refractivity contribution in [2.45, 2.75) is 38.4 Å². The van der Waals surface area contributed by atoms with Crippen molar-refractivity contribution in [2.75, 3.05) is 11.9 Å². The molecule has 0 aromatic heterocycles. The van der Waals surface area contributed by atoms with E-state index in [1.165, 1.54) is 6.07 Å². The molecule has 6 nitrogen and oxygen atoms in total. The molecule has 20 heavy (non-hydrogen) atoms. The molecule has 0 heterocycles. The van der Waals surface area contributed by atoms with E-state index in [0.717, 1.165) is 25.7 Å². The SMILES string of the molecule is O=[N+]([O-])c1ccc(CO)cc1NCC1CCCCC1O. The molecule has 0 bridgehead atoms. The number of rotatable bonds is 5. The minimum absolute atomic E-state index is 0.00695. The van der Waals surface area contributed by atoms with Gasteiger partial charge in [-0.05, 0) is 30.5 Å². The highest BCUT2D eigenvalue weighted by molar-refractivity contribution is 5.62. The second-order valence-electron chi connectivity index (χ2n) is 5.26. The van der Waals surface area contributed by atoms with Crippen LogP contribution in [0.15, 0.2) is 18.2 Å². The lowest BCUT2D eigenvalue weighted by molar-refractivity contribution is -0.384. The standard InChI is InChI=1S/C14H20N2O4/c17-9-10-5-6-13(16(19)20)12(7-10)15-8-11-3-1-2-4-14(11)18/h5-7,11,14-15,17-18H,1-4,8-9H2. The van der Waals surface area contributed by atoms with Crippen molar-refractivity contribution in [1.82, 2.24) is 0 Å². The van der Waals surface area contributed by atoms with E-state index in [4.69, 9.17) is 5.11 Å². The predicted molar refractivity (Wildman–Crippen MR) is 75.5 cm³/mol. The lowest BCUT2D eigenvalue weighted by Crippen LogP contribution is -2.30. The maximum absolute atomic E-state index is 11.0. The van der Waals surface area contributed by atoms with Crippen LogP contribution in [-0.4, -0.2) is 27.8 Å². The summed E-state index contributed by atoms with van der Waals surface area (Å²) in [5.74, 6) is 0.126. The average molecular weight is 280 g/mol. The van der Waals surface area contributed by atoms with Crippen LogP contribution < -0.4 is 5.32 Å². The van der Waals surface area contributed by atoms with Gasteiger partial charge in [0.1, 0.15) is 5.69 Å². The molecular formula is C14H20N2O4. The zero-order chi connectivity index (χ0) is 14.5. The van der Waals surface area contributed by atoms with Crippen LogP contribution in [0.3, 0.4) is 0 Å². The van der Waals surface area contributed by atoms with Crippen LogP contribution in [0.4, 0.5) is 11.4 Å². The van der Waals surface area contributed by atoms with Gasteiger partial charge in [-0.1, -0.05) is 12.8 Å². The van der Waals surface area contributed by atoms with Crippen LogP contribution >= 0.6 is 0 Å². The largest absolute Gasteiger partial charge is 0.393 e. The Morgan fingerprint density at radius 3 is 2.75 bits per heavy atom. The number of hydrogen-bond donors (Lipinski definition) is 3. The Morgan fingerprint density at radius 1 is 1.35 bits per heavy atom. The van der Waals surface area contributed by atoms with Crippen molar-refractivity contribution in [3.8, 4) is 0 Å². The molecule has 0 aliphatic heterocycles. The first kappa shape index (κ1) is 14.7. The van der Waals surface area contributed by atoms with Gasteiger partial charge >= 0.3 is 0 Å². The van der Waals surface area contributed by atoms with E-state index in [9.17, 15) is 15.2 Å². The smallest absolute Gasteiger partial charge is 0.292 e. The molecule has 1 aromatic carbocycles. The van der Waals surface area contributed by atoms with Gasteiger partial charge in [-0.25, -0.2) is 0 Å². The van der Waals surface area contributed by atoms with Crippen LogP contribution in [0.1, 0.15) is 31.2 Å². The van der Waals surface area contributed by atoms with Gasteiger partial charge in [-0.15, -0.1) is 0 Å². The Hall–Kier alpha value is -1.66. The molecule has 0 spiro atoms. The minimum atomic E-state index is -0.444. The highest BCUT2D eigenvalue weighted by Gasteiger charge is 2.23. The molecule has 2 unspecified atom stereocenters. The summed E-state index contributed by atoms with van der Waals surface area (Å²) in [6, 6.07) is 4.53. The topological polar surface area (TPSA) is 95.6 Å². The zero-order valence-corrected chi connectivity index (χ0v) is 11.3. The Morgan fingerprint density at radius 2 is 2.10 bits per heavy atom. The Labute approximate surface area is 117 Å². The number of hydrogen-bond acceptors (Lipinski definition) is 5. The third-order valence-electron chi connectivity index (χ3n) is 3.86. The first-order valence-corrected chi connectivity index (χ1v) is 6.92. The summed E-state index contributed by atoms with van der Waals surface area (Å²) in [6.07, 6.45) is 3.52. The van der Waals surface area contributed by atoms with E-state index in [1.807, 2.05) is 0 Å². The molecule has 6 heteroatoms. The van der Waals surface area contributed by atoms with Crippen molar-refractivity contribution >= 4 is 11.4 Å². The molecule has 0 radical (unpaired) electrons. The fourth-order valence-electron chi connectivity index (χ4n) is 2.65. The average Bonchev–Trinajstić information content (AvgIpc) is 2.46. The number of nitro benzene ring substituents is 1. The Bertz CT molecular complexity index is 478. The second kappa shape index (κ2) is 6.67. The summed E-state index contributed by atoms with van der Waals surface area (Å²) >= 11 is 0. The molecule has 2 rings (SSSR count). The van der Waals surface area contributed by atoms with Crippen LogP contribution in [0.5, 0.6) is 0 Å². The lowest BCUT2D eigenvalue weighted by Gasteiger charge is -2.27. The Balaban J connectivity index is 2.08. The Kier molecular flexibility index (Phi) is 4.92. The summed E-state index contributed by atoms with van der Waals surface area (Å²) < 4.78 is 0. The predicted octanol–water partition coefficient (Wildman–Crippen LogP) is 2.05. The number of anilines is 1. The summed E-state index contributed by atoms with van der Waals surface area (Å²) in [5, 5.41) is 33.1. The lowest BCUT2D eigenvalue weighted by atomic mass is 9.86. The van der Waals surface area contributed by atoms with Crippen molar-refractivity contribution in [2.24, 2.45) is 5.92 Å². The third-order valence-corrected chi connectivity index (χ3v) is 3.86. The first-order chi connectivity index (χ1) is 9.61. The van der Waals surface area contributed by atoms with Gasteiger partial charge in [0, 0.05) is 18.5 Å². The normalized spacial score (nSPS) is 22.5. The third kappa shape index (κ3) is 3.46. The van der Waals surface area contributed by atoms with E-state index < -0.39 is 4.92 Å². The molecule has 1 aliphatic carbocycles. The van der Waals surface area contributed by atoms with E-state index >= 15 is 0 Å². The zero-order valence-electron chi connectivity index (χ0n) is 11.3. The molecule has 0 amide bonds. The monoisotopic (exact) mass is 280 g/mol. The van der Waals surface area contributed by atoms with E-state index in [-0.39, 0.29) is 24.3 Å². The summed E-state index contributed by atoms with van der Waals surface area (Å²) in [6.45, 7) is 0.357. The van der Waals surface area contributed by atoms with Crippen molar-refractivity contribution in [3.63, 3.8) is 0 Å². The van der Waals surface area contributed by atoms with Crippen LogP contribution in [-0.2, 0) is 6.61 Å². The number of nitrogens with zero attached hydrogens (tertiary/aromatic N) is 1. The fraction of sp³-hybridized carbons (Fsp3) is 0.571. The van der Waals surface area contributed by atoms with E-state index in [1.54, 1.807) is 12.1 Å².